The topological polar surface area (TPSA) is 63.2 Å². The van der Waals surface area contributed by atoms with E-state index in [4.69, 9.17) is 4.74 Å². The molecule has 1 aliphatic rings. The molecule has 0 aromatic carbocycles. The van der Waals surface area contributed by atoms with E-state index in [1.807, 2.05) is 45.2 Å². The van der Waals surface area contributed by atoms with Crippen LogP contribution in [0.25, 0.3) is 0 Å². The molecule has 0 spiro atoms. The van der Waals surface area contributed by atoms with Gasteiger partial charge in [0.05, 0.1) is 5.69 Å². The standard InChI is InChI=1S/C18H29N3O2/c1-13(15-9-5-6-11-19-15)21-16-10-7-8-14(16)12-20-17(22)23-18(2,3)4/h5-6,9,11,13-14,16,21H,7-8,10,12H2,1-4H3,(H,20,22)/t13-,14?,16?/m1/s1. The molecular formula is C18H29N3O2. The summed E-state index contributed by atoms with van der Waals surface area (Å²) in [5, 5.41) is 6.57. The smallest absolute Gasteiger partial charge is 0.407 e. The van der Waals surface area contributed by atoms with E-state index < -0.39 is 5.60 Å². The fourth-order valence-electron chi connectivity index (χ4n) is 3.07. The van der Waals surface area contributed by atoms with Gasteiger partial charge in [0, 0.05) is 24.8 Å². The van der Waals surface area contributed by atoms with Crippen LogP contribution >= 0.6 is 0 Å². The van der Waals surface area contributed by atoms with Crippen molar-refractivity contribution >= 4 is 6.09 Å². The average Bonchev–Trinajstić information content (AvgIpc) is 2.91. The van der Waals surface area contributed by atoms with Gasteiger partial charge in [-0.15, -0.1) is 0 Å². The Hall–Kier alpha value is -1.62. The SMILES string of the molecule is C[C@@H](NC1CCCC1CNC(=O)OC(C)(C)C)c1ccccn1. The Kier molecular flexibility index (Phi) is 5.99. The maximum absolute atomic E-state index is 11.8. The lowest BCUT2D eigenvalue weighted by Crippen LogP contribution is -2.41. The van der Waals surface area contributed by atoms with Crippen molar-refractivity contribution < 1.29 is 9.53 Å². The summed E-state index contributed by atoms with van der Waals surface area (Å²) in [6.45, 7) is 8.42. The Labute approximate surface area is 139 Å². The molecule has 0 saturated heterocycles. The van der Waals surface area contributed by atoms with Crippen LogP contribution in [0.5, 0.6) is 0 Å². The highest BCUT2D eigenvalue weighted by atomic mass is 16.6. The molecule has 1 fully saturated rings. The largest absolute Gasteiger partial charge is 0.444 e. The Morgan fingerprint density at radius 1 is 1.39 bits per heavy atom. The van der Waals surface area contributed by atoms with E-state index in [-0.39, 0.29) is 12.1 Å². The second kappa shape index (κ2) is 7.77. The number of hydrogen-bond acceptors (Lipinski definition) is 4. The molecule has 5 nitrogen and oxygen atoms in total. The molecule has 2 unspecified atom stereocenters. The monoisotopic (exact) mass is 319 g/mol. The molecule has 1 aromatic rings. The third-order valence-electron chi connectivity index (χ3n) is 4.16. The number of carbonyl (C=O) groups excluding carboxylic acids is 1. The number of nitrogens with one attached hydrogen (secondary N) is 2. The van der Waals surface area contributed by atoms with E-state index in [0.717, 1.165) is 18.5 Å². The number of alkyl carbamates (subject to hydrolysis) is 1. The van der Waals surface area contributed by atoms with Crippen molar-refractivity contribution in [3.63, 3.8) is 0 Å². The maximum atomic E-state index is 11.8. The number of pyridine rings is 1. The molecule has 0 aliphatic heterocycles. The molecule has 128 valence electrons. The Morgan fingerprint density at radius 3 is 2.83 bits per heavy atom. The highest BCUT2D eigenvalue weighted by Crippen LogP contribution is 2.27. The molecule has 5 heteroatoms. The summed E-state index contributed by atoms with van der Waals surface area (Å²) in [5.41, 5.74) is 0.600. The average molecular weight is 319 g/mol. The van der Waals surface area contributed by atoms with Crippen LogP contribution in [0.1, 0.15) is 58.7 Å². The van der Waals surface area contributed by atoms with Crippen LogP contribution in [-0.2, 0) is 4.74 Å². The lowest BCUT2D eigenvalue weighted by atomic mass is 10.0. The number of nitrogens with zero attached hydrogens (tertiary/aromatic N) is 1. The van der Waals surface area contributed by atoms with Crippen LogP contribution in [0.3, 0.4) is 0 Å². The fourth-order valence-corrected chi connectivity index (χ4v) is 3.07. The Bertz CT molecular complexity index is 499. The first-order valence-electron chi connectivity index (χ1n) is 8.49. The summed E-state index contributed by atoms with van der Waals surface area (Å²) in [4.78, 5) is 16.2. The highest BCUT2D eigenvalue weighted by Gasteiger charge is 2.29. The van der Waals surface area contributed by atoms with E-state index in [1.54, 1.807) is 0 Å². The minimum Gasteiger partial charge on any atom is -0.444 e. The van der Waals surface area contributed by atoms with Gasteiger partial charge in [0.15, 0.2) is 0 Å². The lowest BCUT2D eigenvalue weighted by molar-refractivity contribution is 0.0517. The normalized spacial score (nSPS) is 22.6. The van der Waals surface area contributed by atoms with E-state index in [1.165, 1.54) is 6.42 Å². The number of carbonyl (C=O) groups is 1. The zero-order valence-electron chi connectivity index (χ0n) is 14.6. The van der Waals surface area contributed by atoms with Gasteiger partial charge in [-0.1, -0.05) is 12.5 Å². The van der Waals surface area contributed by atoms with Gasteiger partial charge in [-0.05, 0) is 58.6 Å². The van der Waals surface area contributed by atoms with Crippen molar-refractivity contribution in [2.75, 3.05) is 6.54 Å². The minimum absolute atomic E-state index is 0.211. The fraction of sp³-hybridized carbons (Fsp3) is 0.667. The van der Waals surface area contributed by atoms with Gasteiger partial charge in [0.1, 0.15) is 5.60 Å². The van der Waals surface area contributed by atoms with Crippen LogP contribution in [0, 0.1) is 5.92 Å². The zero-order chi connectivity index (χ0) is 16.9. The first-order valence-corrected chi connectivity index (χ1v) is 8.49. The minimum atomic E-state index is -0.453. The summed E-state index contributed by atoms with van der Waals surface area (Å²) in [6, 6.07) is 6.60. The van der Waals surface area contributed by atoms with Crippen molar-refractivity contribution in [1.29, 1.82) is 0 Å². The summed E-state index contributed by atoms with van der Waals surface area (Å²) >= 11 is 0. The van der Waals surface area contributed by atoms with Gasteiger partial charge in [-0.3, -0.25) is 4.98 Å². The van der Waals surface area contributed by atoms with Crippen LogP contribution in [-0.4, -0.2) is 29.3 Å². The molecule has 3 atom stereocenters. The summed E-state index contributed by atoms with van der Waals surface area (Å²) in [5.74, 6) is 0.439. The van der Waals surface area contributed by atoms with E-state index >= 15 is 0 Å². The molecule has 1 heterocycles. The van der Waals surface area contributed by atoms with Gasteiger partial charge >= 0.3 is 6.09 Å². The van der Waals surface area contributed by atoms with Crippen molar-refractivity contribution in [3.05, 3.63) is 30.1 Å². The third-order valence-corrected chi connectivity index (χ3v) is 4.16. The van der Waals surface area contributed by atoms with Crippen LogP contribution in [0.4, 0.5) is 4.79 Å². The molecule has 1 saturated carbocycles. The third kappa shape index (κ3) is 5.82. The number of rotatable bonds is 5. The Morgan fingerprint density at radius 2 is 2.17 bits per heavy atom. The predicted molar refractivity (Wildman–Crippen MR) is 91.2 cm³/mol. The maximum Gasteiger partial charge on any atom is 0.407 e. The van der Waals surface area contributed by atoms with E-state index in [9.17, 15) is 4.79 Å². The van der Waals surface area contributed by atoms with Crippen molar-refractivity contribution in [2.24, 2.45) is 5.92 Å². The predicted octanol–water partition coefficient (Wildman–Crippen LogP) is 3.43. The first kappa shape index (κ1) is 17.7. The number of hydrogen-bond donors (Lipinski definition) is 2. The first-order chi connectivity index (χ1) is 10.8. The zero-order valence-corrected chi connectivity index (χ0v) is 14.6. The molecular weight excluding hydrogens is 290 g/mol. The molecule has 2 N–H and O–H groups in total. The quantitative estimate of drug-likeness (QED) is 0.873. The second-order valence-corrected chi connectivity index (χ2v) is 7.32. The molecule has 0 bridgehead atoms. The summed E-state index contributed by atoms with van der Waals surface area (Å²) < 4.78 is 5.30. The van der Waals surface area contributed by atoms with Gasteiger partial charge < -0.3 is 15.4 Å². The molecule has 1 aliphatic carbocycles. The molecule has 1 amide bonds. The highest BCUT2D eigenvalue weighted by molar-refractivity contribution is 5.67. The van der Waals surface area contributed by atoms with Crippen LogP contribution in [0.15, 0.2) is 24.4 Å². The molecule has 23 heavy (non-hydrogen) atoms. The van der Waals surface area contributed by atoms with Crippen molar-refractivity contribution in [2.45, 2.75) is 64.6 Å². The van der Waals surface area contributed by atoms with Gasteiger partial charge in [0.25, 0.3) is 0 Å². The number of amides is 1. The second-order valence-electron chi connectivity index (χ2n) is 7.32. The number of aromatic nitrogens is 1. The van der Waals surface area contributed by atoms with Crippen LogP contribution in [0.2, 0.25) is 0 Å². The van der Waals surface area contributed by atoms with Crippen molar-refractivity contribution in [3.8, 4) is 0 Å². The lowest BCUT2D eigenvalue weighted by Gasteiger charge is -2.26. The van der Waals surface area contributed by atoms with E-state index in [0.29, 0.717) is 18.5 Å². The van der Waals surface area contributed by atoms with Crippen LogP contribution < -0.4 is 10.6 Å². The van der Waals surface area contributed by atoms with Gasteiger partial charge in [-0.2, -0.15) is 0 Å². The number of ether oxygens (including phenoxy) is 1. The summed E-state index contributed by atoms with van der Waals surface area (Å²) in [6.07, 6.45) is 4.94. The van der Waals surface area contributed by atoms with Crippen molar-refractivity contribution in [1.82, 2.24) is 15.6 Å². The Balaban J connectivity index is 1.82. The molecule has 1 aromatic heterocycles. The summed E-state index contributed by atoms with van der Waals surface area (Å²) in [7, 11) is 0. The van der Waals surface area contributed by atoms with E-state index in [2.05, 4.69) is 22.5 Å². The van der Waals surface area contributed by atoms with Gasteiger partial charge in [0.2, 0.25) is 0 Å². The molecule has 2 rings (SSSR count). The molecule has 0 radical (unpaired) electrons. The van der Waals surface area contributed by atoms with Gasteiger partial charge in [-0.25, -0.2) is 4.79 Å².